The molecule has 0 aliphatic carbocycles. The first kappa shape index (κ1) is 13.6. The number of aryl methyl sites for hydroxylation is 1. The van der Waals surface area contributed by atoms with Crippen molar-refractivity contribution in [1.29, 1.82) is 0 Å². The number of hydrogen-bond donors (Lipinski definition) is 1. The highest BCUT2D eigenvalue weighted by atomic mass is 79.9. The summed E-state index contributed by atoms with van der Waals surface area (Å²) in [6.07, 6.45) is 2.08. The zero-order valence-corrected chi connectivity index (χ0v) is 12.9. The summed E-state index contributed by atoms with van der Waals surface area (Å²) < 4.78 is 2.56. The van der Waals surface area contributed by atoms with Gasteiger partial charge in [-0.2, -0.15) is 0 Å². The van der Waals surface area contributed by atoms with E-state index < -0.39 is 0 Å². The molecule has 1 N–H and O–H groups in total. The Kier molecular flexibility index (Phi) is 4.42. The highest BCUT2D eigenvalue weighted by molar-refractivity contribution is 9.10. The molecule has 18 heavy (non-hydrogen) atoms. The van der Waals surface area contributed by atoms with E-state index in [1.807, 2.05) is 14.1 Å². The zero-order valence-electron chi connectivity index (χ0n) is 10.5. The number of nitrogens with zero attached hydrogens (tertiary/aromatic N) is 3. The van der Waals surface area contributed by atoms with E-state index in [0.29, 0.717) is 0 Å². The molecule has 0 amide bonds. The van der Waals surface area contributed by atoms with E-state index in [2.05, 4.69) is 62.1 Å². The van der Waals surface area contributed by atoms with Crippen LogP contribution in [0.25, 0.3) is 0 Å². The van der Waals surface area contributed by atoms with E-state index >= 15 is 0 Å². The Hall–Kier alpha value is -0.850. The number of hydrogen-bond acceptors (Lipinski definition) is 4. The Morgan fingerprint density at radius 3 is 2.44 bits per heavy atom. The smallest absolute Gasteiger partial charge is 0.153 e. The molecule has 0 saturated heterocycles. The molecule has 6 heteroatoms. The monoisotopic (exact) mass is 326 g/mol. The fourth-order valence-electron chi connectivity index (χ4n) is 1.90. The minimum absolute atomic E-state index is 0.0790. The van der Waals surface area contributed by atoms with E-state index in [4.69, 9.17) is 0 Å². The minimum atomic E-state index is 0.0790. The third-order valence-electron chi connectivity index (χ3n) is 2.84. The average Bonchev–Trinajstić information content (AvgIpc) is 2.72. The molecule has 0 fully saturated rings. The largest absolute Gasteiger partial charge is 0.308 e. The molecule has 0 spiro atoms. The molecule has 0 aliphatic heterocycles. The van der Waals surface area contributed by atoms with Gasteiger partial charge in [-0.1, -0.05) is 17.3 Å². The second kappa shape index (κ2) is 5.86. The summed E-state index contributed by atoms with van der Waals surface area (Å²) >= 11 is 5.19. The summed E-state index contributed by atoms with van der Waals surface area (Å²) in [5, 5.41) is 11.4. The number of rotatable bonds is 4. The van der Waals surface area contributed by atoms with Crippen LogP contribution in [0, 0.1) is 0 Å². The van der Waals surface area contributed by atoms with Crippen LogP contribution in [0.2, 0.25) is 0 Å². The van der Waals surface area contributed by atoms with E-state index in [9.17, 15) is 0 Å². The van der Waals surface area contributed by atoms with Crippen molar-refractivity contribution >= 4 is 27.7 Å². The van der Waals surface area contributed by atoms with Gasteiger partial charge < -0.3 is 5.32 Å². The molecule has 1 aromatic heterocycles. The highest BCUT2D eigenvalue weighted by Gasteiger charge is 2.20. The van der Waals surface area contributed by atoms with Crippen molar-refractivity contribution in [2.45, 2.75) is 10.9 Å². The average molecular weight is 327 g/mol. The van der Waals surface area contributed by atoms with E-state index in [0.717, 1.165) is 10.3 Å². The lowest BCUT2D eigenvalue weighted by molar-refractivity contribution is 0.597. The topological polar surface area (TPSA) is 42.7 Å². The molecule has 0 aliphatic rings. The van der Waals surface area contributed by atoms with Gasteiger partial charge in [-0.25, -0.2) is 4.68 Å². The molecule has 1 aromatic carbocycles. The molecule has 1 heterocycles. The third kappa shape index (κ3) is 2.60. The van der Waals surface area contributed by atoms with E-state index in [1.54, 1.807) is 16.4 Å². The third-order valence-corrected chi connectivity index (χ3v) is 4.15. The molecule has 2 aromatic rings. The van der Waals surface area contributed by atoms with Crippen LogP contribution in [0.15, 0.2) is 33.8 Å². The predicted octanol–water partition coefficient (Wildman–Crippen LogP) is 2.61. The maximum Gasteiger partial charge on any atom is 0.153 e. The molecule has 0 saturated carbocycles. The molecule has 0 radical (unpaired) electrons. The van der Waals surface area contributed by atoms with Crippen molar-refractivity contribution in [2.24, 2.45) is 7.05 Å². The van der Waals surface area contributed by atoms with Crippen molar-refractivity contribution in [3.63, 3.8) is 0 Å². The molecule has 96 valence electrons. The first-order valence-electron chi connectivity index (χ1n) is 5.53. The summed E-state index contributed by atoms with van der Waals surface area (Å²) in [5.41, 5.74) is 2.22. The first-order chi connectivity index (χ1) is 8.67. The number of aromatic nitrogens is 3. The van der Waals surface area contributed by atoms with Crippen LogP contribution >= 0.6 is 27.7 Å². The summed E-state index contributed by atoms with van der Waals surface area (Å²) in [5.74, 6) is 0. The van der Waals surface area contributed by atoms with E-state index in [-0.39, 0.29) is 6.04 Å². The Balaban J connectivity index is 2.39. The second-order valence-corrected chi connectivity index (χ2v) is 5.51. The lowest BCUT2D eigenvalue weighted by Crippen LogP contribution is -2.21. The SMILES string of the molecule is CNC(c1ccc(SC)cc1)c1c(Br)nnn1C. The van der Waals surface area contributed by atoms with Crippen LogP contribution in [0.3, 0.4) is 0 Å². The van der Waals surface area contributed by atoms with Gasteiger partial charge in [0.25, 0.3) is 0 Å². The minimum Gasteiger partial charge on any atom is -0.308 e. The van der Waals surface area contributed by atoms with Gasteiger partial charge in [0, 0.05) is 11.9 Å². The summed E-state index contributed by atoms with van der Waals surface area (Å²) in [6, 6.07) is 8.60. The highest BCUT2D eigenvalue weighted by Crippen LogP contribution is 2.27. The van der Waals surface area contributed by atoms with Gasteiger partial charge in [-0.15, -0.1) is 16.9 Å². The van der Waals surface area contributed by atoms with Gasteiger partial charge in [0.2, 0.25) is 0 Å². The maximum atomic E-state index is 4.03. The molecule has 4 nitrogen and oxygen atoms in total. The molecular weight excluding hydrogens is 312 g/mol. The summed E-state index contributed by atoms with van der Waals surface area (Å²) in [7, 11) is 3.83. The van der Waals surface area contributed by atoms with Crippen LogP contribution in [0.5, 0.6) is 0 Å². The Bertz CT molecular complexity index is 504. The quantitative estimate of drug-likeness (QED) is 0.877. The number of nitrogens with one attached hydrogen (secondary N) is 1. The molecule has 0 bridgehead atoms. The fourth-order valence-corrected chi connectivity index (χ4v) is 2.87. The Labute approximate surface area is 119 Å². The Morgan fingerprint density at radius 1 is 1.33 bits per heavy atom. The van der Waals surface area contributed by atoms with Crippen LogP contribution in [-0.2, 0) is 7.05 Å². The number of thioether (sulfide) groups is 1. The van der Waals surface area contributed by atoms with Crippen molar-refractivity contribution < 1.29 is 0 Å². The van der Waals surface area contributed by atoms with Crippen molar-refractivity contribution in [3.05, 3.63) is 40.1 Å². The second-order valence-electron chi connectivity index (χ2n) is 3.88. The van der Waals surface area contributed by atoms with Crippen LogP contribution < -0.4 is 5.32 Å². The van der Waals surface area contributed by atoms with Crippen LogP contribution in [-0.4, -0.2) is 28.3 Å². The predicted molar refractivity (Wildman–Crippen MR) is 77.8 cm³/mol. The normalized spacial score (nSPS) is 12.7. The lowest BCUT2D eigenvalue weighted by Gasteiger charge is -2.17. The maximum absolute atomic E-state index is 4.03. The Morgan fingerprint density at radius 2 is 2.00 bits per heavy atom. The van der Waals surface area contributed by atoms with Gasteiger partial charge >= 0.3 is 0 Å². The van der Waals surface area contributed by atoms with Gasteiger partial charge in [0.1, 0.15) is 0 Å². The summed E-state index contributed by atoms with van der Waals surface area (Å²) in [6.45, 7) is 0. The van der Waals surface area contributed by atoms with Gasteiger partial charge in [0.15, 0.2) is 4.60 Å². The van der Waals surface area contributed by atoms with Crippen LogP contribution in [0.4, 0.5) is 0 Å². The van der Waals surface area contributed by atoms with Crippen molar-refractivity contribution in [2.75, 3.05) is 13.3 Å². The first-order valence-corrected chi connectivity index (χ1v) is 7.55. The standard InChI is InChI=1S/C12H15BrN4S/c1-14-10(11-12(13)15-16-17(11)2)8-4-6-9(18-3)7-5-8/h4-7,10,14H,1-3H3. The number of halogens is 1. The zero-order chi connectivity index (χ0) is 13.1. The van der Waals surface area contributed by atoms with Gasteiger partial charge in [-0.3, -0.25) is 0 Å². The fraction of sp³-hybridized carbons (Fsp3) is 0.333. The molecule has 1 unspecified atom stereocenters. The molecular formula is C12H15BrN4S. The van der Waals surface area contributed by atoms with Gasteiger partial charge in [0.05, 0.1) is 11.7 Å². The lowest BCUT2D eigenvalue weighted by atomic mass is 10.0. The van der Waals surface area contributed by atoms with Crippen LogP contribution in [0.1, 0.15) is 17.3 Å². The summed E-state index contributed by atoms with van der Waals surface area (Å²) in [4.78, 5) is 1.26. The molecule has 1 atom stereocenters. The molecule has 2 rings (SSSR count). The number of benzene rings is 1. The van der Waals surface area contributed by atoms with E-state index in [1.165, 1.54) is 10.5 Å². The van der Waals surface area contributed by atoms with Crippen molar-refractivity contribution in [3.8, 4) is 0 Å². The van der Waals surface area contributed by atoms with Crippen molar-refractivity contribution in [1.82, 2.24) is 20.3 Å². The van der Waals surface area contributed by atoms with Gasteiger partial charge in [-0.05, 0) is 46.9 Å².